The molecule has 1 aliphatic heterocycles. The van der Waals surface area contributed by atoms with E-state index in [9.17, 15) is 13.2 Å². The number of hydrogen-bond donors (Lipinski definition) is 0. The zero-order chi connectivity index (χ0) is 16.2. The standard InChI is InChI=1S/C15H18F3N3S/c1-2-20-5-7-21(8-6-20)10-12-3-4-13(22-11-19)9-14(12)15(16,17)18/h3-4,9H,2,5-8,10H2,1H3. The third kappa shape index (κ3) is 4.38. The van der Waals surface area contributed by atoms with E-state index in [1.165, 1.54) is 6.07 Å². The van der Waals surface area contributed by atoms with E-state index < -0.39 is 11.7 Å². The normalized spacial score (nSPS) is 17.4. The summed E-state index contributed by atoms with van der Waals surface area (Å²) in [6.45, 7) is 6.69. The predicted molar refractivity (Wildman–Crippen MR) is 80.3 cm³/mol. The molecule has 2 rings (SSSR count). The van der Waals surface area contributed by atoms with Gasteiger partial charge in [0, 0.05) is 37.6 Å². The lowest BCUT2D eigenvalue weighted by atomic mass is 10.1. The van der Waals surface area contributed by atoms with Gasteiger partial charge in [-0.1, -0.05) is 13.0 Å². The predicted octanol–water partition coefficient (Wildman–Crippen LogP) is 3.42. The summed E-state index contributed by atoms with van der Waals surface area (Å²) in [6, 6.07) is 4.15. The van der Waals surface area contributed by atoms with Crippen LogP contribution in [0.3, 0.4) is 0 Å². The van der Waals surface area contributed by atoms with Gasteiger partial charge in [0.1, 0.15) is 5.40 Å². The summed E-state index contributed by atoms with van der Waals surface area (Å²) < 4.78 is 39.7. The van der Waals surface area contributed by atoms with Crippen LogP contribution in [0.5, 0.6) is 0 Å². The van der Waals surface area contributed by atoms with Crippen LogP contribution in [-0.2, 0) is 12.7 Å². The largest absolute Gasteiger partial charge is 0.416 e. The van der Waals surface area contributed by atoms with E-state index in [1.807, 2.05) is 10.3 Å². The number of nitriles is 1. The van der Waals surface area contributed by atoms with Gasteiger partial charge in [-0.2, -0.15) is 18.4 Å². The van der Waals surface area contributed by atoms with E-state index in [4.69, 9.17) is 5.26 Å². The molecule has 0 bridgehead atoms. The molecule has 0 spiro atoms. The minimum atomic E-state index is -4.40. The molecule has 120 valence electrons. The van der Waals surface area contributed by atoms with Crippen molar-refractivity contribution >= 4 is 11.8 Å². The second-order valence-corrected chi connectivity index (χ2v) is 6.08. The molecule has 0 N–H and O–H groups in total. The first-order chi connectivity index (χ1) is 10.4. The molecule has 1 heterocycles. The van der Waals surface area contributed by atoms with Crippen LogP contribution in [-0.4, -0.2) is 42.5 Å². The fourth-order valence-corrected chi connectivity index (χ4v) is 3.00. The molecule has 1 aromatic rings. The van der Waals surface area contributed by atoms with Crippen molar-refractivity contribution in [1.29, 1.82) is 5.26 Å². The molecule has 0 unspecified atom stereocenters. The molecule has 0 atom stereocenters. The molecule has 0 aromatic heterocycles. The number of thiocyanates is 1. The van der Waals surface area contributed by atoms with Crippen LogP contribution in [0.4, 0.5) is 13.2 Å². The average Bonchev–Trinajstić information content (AvgIpc) is 2.49. The molecular weight excluding hydrogens is 311 g/mol. The highest BCUT2D eigenvalue weighted by molar-refractivity contribution is 8.03. The Labute approximate surface area is 132 Å². The van der Waals surface area contributed by atoms with E-state index in [0.29, 0.717) is 11.4 Å². The van der Waals surface area contributed by atoms with Gasteiger partial charge in [0.25, 0.3) is 0 Å². The average molecular weight is 329 g/mol. The second kappa shape index (κ2) is 7.36. The van der Waals surface area contributed by atoms with Crippen LogP contribution < -0.4 is 0 Å². The molecule has 3 nitrogen and oxygen atoms in total. The van der Waals surface area contributed by atoms with E-state index in [1.54, 1.807) is 6.07 Å². The molecule has 0 saturated carbocycles. The molecule has 22 heavy (non-hydrogen) atoms. The van der Waals surface area contributed by atoms with Crippen LogP contribution in [0.15, 0.2) is 23.1 Å². The van der Waals surface area contributed by atoms with Crippen molar-refractivity contribution in [2.45, 2.75) is 24.5 Å². The van der Waals surface area contributed by atoms with Crippen molar-refractivity contribution in [3.05, 3.63) is 29.3 Å². The van der Waals surface area contributed by atoms with Crippen LogP contribution in [0, 0.1) is 10.7 Å². The Hall–Kier alpha value is -1.23. The van der Waals surface area contributed by atoms with Crippen molar-refractivity contribution < 1.29 is 13.2 Å². The molecule has 1 fully saturated rings. The van der Waals surface area contributed by atoms with Gasteiger partial charge in [-0.25, -0.2) is 0 Å². The molecule has 0 radical (unpaired) electrons. The first-order valence-electron chi connectivity index (χ1n) is 7.14. The second-order valence-electron chi connectivity index (χ2n) is 5.22. The minimum Gasteiger partial charge on any atom is -0.301 e. The number of halogens is 3. The van der Waals surface area contributed by atoms with Gasteiger partial charge in [-0.3, -0.25) is 4.90 Å². The Morgan fingerprint density at radius 3 is 2.36 bits per heavy atom. The lowest BCUT2D eigenvalue weighted by molar-refractivity contribution is -0.138. The summed E-state index contributed by atoms with van der Waals surface area (Å²) >= 11 is 0.749. The minimum absolute atomic E-state index is 0.278. The lowest BCUT2D eigenvalue weighted by Gasteiger charge is -2.34. The summed E-state index contributed by atoms with van der Waals surface area (Å²) in [7, 11) is 0. The maximum Gasteiger partial charge on any atom is 0.416 e. The molecule has 0 amide bonds. The quantitative estimate of drug-likeness (QED) is 0.625. The Morgan fingerprint density at radius 2 is 1.82 bits per heavy atom. The number of likely N-dealkylation sites (N-methyl/N-ethyl adjacent to an activating group) is 1. The summed E-state index contributed by atoms with van der Waals surface area (Å²) in [5.41, 5.74) is -0.356. The highest BCUT2D eigenvalue weighted by Crippen LogP contribution is 2.35. The van der Waals surface area contributed by atoms with E-state index in [2.05, 4.69) is 11.8 Å². The Morgan fingerprint density at radius 1 is 1.18 bits per heavy atom. The number of piperazine rings is 1. The van der Waals surface area contributed by atoms with E-state index in [0.717, 1.165) is 50.6 Å². The van der Waals surface area contributed by atoms with Crippen LogP contribution >= 0.6 is 11.8 Å². The monoisotopic (exact) mass is 329 g/mol. The number of nitrogens with zero attached hydrogens (tertiary/aromatic N) is 3. The van der Waals surface area contributed by atoms with Crippen LogP contribution in [0.25, 0.3) is 0 Å². The molecular formula is C15H18F3N3S. The summed E-state index contributed by atoms with van der Waals surface area (Å²) in [5, 5.41) is 10.4. The summed E-state index contributed by atoms with van der Waals surface area (Å²) in [4.78, 5) is 4.66. The zero-order valence-electron chi connectivity index (χ0n) is 12.4. The van der Waals surface area contributed by atoms with Crippen molar-refractivity contribution in [2.24, 2.45) is 0 Å². The molecule has 1 aromatic carbocycles. The zero-order valence-corrected chi connectivity index (χ0v) is 13.2. The number of benzene rings is 1. The Bertz CT molecular complexity index is 546. The van der Waals surface area contributed by atoms with Crippen LogP contribution in [0.1, 0.15) is 18.1 Å². The number of rotatable bonds is 4. The molecule has 1 saturated heterocycles. The van der Waals surface area contributed by atoms with Gasteiger partial charge in [-0.15, -0.1) is 0 Å². The summed E-state index contributed by atoms with van der Waals surface area (Å²) in [6.07, 6.45) is -4.40. The summed E-state index contributed by atoms with van der Waals surface area (Å²) in [5.74, 6) is 0. The number of hydrogen-bond acceptors (Lipinski definition) is 4. The third-order valence-electron chi connectivity index (χ3n) is 3.86. The van der Waals surface area contributed by atoms with Crippen molar-refractivity contribution in [1.82, 2.24) is 9.80 Å². The number of alkyl halides is 3. The highest BCUT2D eigenvalue weighted by Gasteiger charge is 2.34. The maximum absolute atomic E-state index is 13.2. The van der Waals surface area contributed by atoms with Gasteiger partial charge in [-0.05, 0) is 36.0 Å². The first kappa shape index (κ1) is 17.1. The van der Waals surface area contributed by atoms with Crippen molar-refractivity contribution in [3.63, 3.8) is 0 Å². The SMILES string of the molecule is CCN1CCN(Cc2ccc(SC#N)cc2C(F)(F)F)CC1. The smallest absolute Gasteiger partial charge is 0.301 e. The molecule has 1 aliphatic rings. The first-order valence-corrected chi connectivity index (χ1v) is 7.96. The van der Waals surface area contributed by atoms with Crippen molar-refractivity contribution in [3.8, 4) is 5.40 Å². The van der Waals surface area contributed by atoms with Gasteiger partial charge in [0.15, 0.2) is 0 Å². The third-order valence-corrected chi connectivity index (χ3v) is 4.44. The Balaban J connectivity index is 2.15. The number of thioether (sulfide) groups is 1. The van der Waals surface area contributed by atoms with Gasteiger partial charge >= 0.3 is 6.18 Å². The fourth-order valence-electron chi connectivity index (χ4n) is 2.58. The lowest BCUT2D eigenvalue weighted by Crippen LogP contribution is -2.45. The fraction of sp³-hybridized carbons (Fsp3) is 0.533. The maximum atomic E-state index is 13.2. The van der Waals surface area contributed by atoms with E-state index >= 15 is 0 Å². The molecule has 0 aliphatic carbocycles. The van der Waals surface area contributed by atoms with Gasteiger partial charge < -0.3 is 4.90 Å². The van der Waals surface area contributed by atoms with Crippen molar-refractivity contribution in [2.75, 3.05) is 32.7 Å². The van der Waals surface area contributed by atoms with Crippen LogP contribution in [0.2, 0.25) is 0 Å². The highest BCUT2D eigenvalue weighted by atomic mass is 32.2. The van der Waals surface area contributed by atoms with Gasteiger partial charge in [0.05, 0.1) is 5.56 Å². The molecule has 7 heteroatoms. The van der Waals surface area contributed by atoms with E-state index in [-0.39, 0.29) is 5.56 Å². The van der Waals surface area contributed by atoms with Gasteiger partial charge in [0.2, 0.25) is 0 Å². The Kier molecular flexibility index (Phi) is 5.73. The topological polar surface area (TPSA) is 30.3 Å².